The highest BCUT2D eigenvalue weighted by molar-refractivity contribution is 6.32. The van der Waals surface area contributed by atoms with Crippen molar-refractivity contribution in [2.75, 3.05) is 24.7 Å². The second-order valence-corrected chi connectivity index (χ2v) is 7.45. The molecule has 0 saturated carbocycles. The van der Waals surface area contributed by atoms with Crippen LogP contribution < -0.4 is 9.64 Å². The molecule has 0 aliphatic carbocycles. The van der Waals surface area contributed by atoms with Gasteiger partial charge in [0.15, 0.2) is 5.76 Å². The smallest absolute Gasteiger partial charge is 0.305 e. The van der Waals surface area contributed by atoms with E-state index in [0.29, 0.717) is 22.9 Å². The van der Waals surface area contributed by atoms with Gasteiger partial charge in [-0.1, -0.05) is 42.8 Å². The lowest BCUT2D eigenvalue weighted by atomic mass is 10.1. The number of aliphatic imine (C=N–C) groups is 1. The molecule has 0 aromatic heterocycles. The van der Waals surface area contributed by atoms with Crippen LogP contribution in [-0.4, -0.2) is 48.0 Å². The molecular weight excluding hydrogens is 420 g/mol. The third kappa shape index (κ3) is 5.44. The maximum absolute atomic E-state index is 13.1. The summed E-state index contributed by atoms with van der Waals surface area (Å²) in [6.07, 6.45) is 1.43. The molecule has 1 heterocycles. The Morgan fingerprint density at radius 2 is 2.06 bits per heavy atom. The molecule has 2 N–H and O–H groups in total. The Kier molecular flexibility index (Phi) is 7.68. The van der Waals surface area contributed by atoms with E-state index in [1.165, 1.54) is 4.90 Å². The van der Waals surface area contributed by atoms with Crippen molar-refractivity contribution in [2.24, 2.45) is 4.99 Å². The van der Waals surface area contributed by atoms with Crippen molar-refractivity contribution in [2.45, 2.75) is 26.4 Å². The minimum Gasteiger partial charge on any atom is -0.489 e. The number of benzene rings is 2. The van der Waals surface area contributed by atoms with Crippen LogP contribution >= 0.6 is 11.6 Å². The predicted octanol–water partition coefficient (Wildman–Crippen LogP) is 3.55. The average Bonchev–Trinajstić information content (AvgIpc) is 3.06. The third-order valence-corrected chi connectivity index (χ3v) is 4.82. The zero-order chi connectivity index (χ0) is 22.4. The van der Waals surface area contributed by atoms with Gasteiger partial charge in [-0.25, -0.2) is 9.89 Å². The van der Waals surface area contributed by atoms with Crippen LogP contribution in [0.25, 0.3) is 6.08 Å². The molecular formula is C23H25ClN2O5. The number of carbonyl (C=O) groups is 1. The fourth-order valence-corrected chi connectivity index (χ4v) is 3.17. The second kappa shape index (κ2) is 10.4. The number of aryl methyl sites for hydroxylation is 1. The number of carbonyl (C=O) groups excluding carboxylic acids is 1. The minimum atomic E-state index is -0.990. The summed E-state index contributed by atoms with van der Waals surface area (Å²) >= 11 is 6.26. The van der Waals surface area contributed by atoms with Crippen molar-refractivity contribution in [3.63, 3.8) is 0 Å². The van der Waals surface area contributed by atoms with E-state index in [0.717, 1.165) is 17.7 Å². The van der Waals surface area contributed by atoms with Crippen molar-refractivity contribution < 1.29 is 24.5 Å². The van der Waals surface area contributed by atoms with Crippen molar-refractivity contribution in [1.29, 1.82) is 0 Å². The first-order chi connectivity index (χ1) is 14.9. The first-order valence-electron chi connectivity index (χ1n) is 10.00. The predicted molar refractivity (Wildman–Crippen MR) is 120 cm³/mol. The monoisotopic (exact) mass is 444 g/mol. The van der Waals surface area contributed by atoms with E-state index >= 15 is 0 Å². The normalized spacial score (nSPS) is 17.3. The van der Waals surface area contributed by atoms with Crippen molar-refractivity contribution in [1.82, 2.24) is 0 Å². The van der Waals surface area contributed by atoms with E-state index in [-0.39, 0.29) is 24.3 Å². The van der Waals surface area contributed by atoms with Gasteiger partial charge in [-0.2, -0.15) is 0 Å². The van der Waals surface area contributed by atoms with Crippen LogP contribution in [0.15, 0.2) is 53.2 Å². The summed E-state index contributed by atoms with van der Waals surface area (Å²) in [5.41, 5.74) is 2.29. The number of hydrogen-bond acceptors (Lipinski definition) is 6. The number of ether oxygens (including phenoxy) is 2. The maximum atomic E-state index is 13.1. The first-order valence-corrected chi connectivity index (χ1v) is 10.4. The van der Waals surface area contributed by atoms with Gasteiger partial charge in [0.2, 0.25) is 0 Å². The lowest BCUT2D eigenvalue weighted by Crippen LogP contribution is -2.30. The van der Waals surface area contributed by atoms with E-state index in [1.54, 1.807) is 24.3 Å². The Balaban J connectivity index is 1.88. The van der Waals surface area contributed by atoms with E-state index in [1.807, 2.05) is 38.1 Å². The molecule has 1 aliphatic heterocycles. The van der Waals surface area contributed by atoms with Gasteiger partial charge in [0.05, 0.1) is 17.3 Å². The number of halogens is 1. The van der Waals surface area contributed by atoms with Gasteiger partial charge < -0.3 is 19.7 Å². The number of nitrogens with zero attached hydrogens (tertiary/aromatic N) is 2. The molecule has 31 heavy (non-hydrogen) atoms. The quantitative estimate of drug-likeness (QED) is 0.607. The molecule has 3 rings (SSSR count). The van der Waals surface area contributed by atoms with Crippen molar-refractivity contribution >= 4 is 35.3 Å². The van der Waals surface area contributed by atoms with Gasteiger partial charge in [-0.3, -0.25) is 4.79 Å². The Morgan fingerprint density at radius 1 is 1.29 bits per heavy atom. The molecule has 1 fully saturated rings. The lowest BCUT2D eigenvalue weighted by molar-refractivity contribution is -0.114. The molecule has 0 radical (unpaired) electrons. The van der Waals surface area contributed by atoms with E-state index in [9.17, 15) is 9.90 Å². The molecule has 0 spiro atoms. The Bertz CT molecular complexity index is 1010. The third-order valence-electron chi connectivity index (χ3n) is 4.53. The van der Waals surface area contributed by atoms with E-state index < -0.39 is 12.7 Å². The van der Waals surface area contributed by atoms with Gasteiger partial charge in [0.1, 0.15) is 18.5 Å². The van der Waals surface area contributed by atoms with Crippen LogP contribution in [0.2, 0.25) is 5.02 Å². The van der Waals surface area contributed by atoms with E-state index in [2.05, 4.69) is 4.99 Å². The fourth-order valence-electron chi connectivity index (χ4n) is 2.93. The van der Waals surface area contributed by atoms with Crippen LogP contribution in [0, 0.1) is 6.92 Å². The Morgan fingerprint density at radius 3 is 2.74 bits per heavy atom. The molecule has 8 heteroatoms. The van der Waals surface area contributed by atoms with Crippen LogP contribution in [0.1, 0.15) is 24.5 Å². The molecule has 0 unspecified atom stereocenters. The summed E-state index contributed by atoms with van der Waals surface area (Å²) in [5.74, 6) is 0.187. The summed E-state index contributed by atoms with van der Waals surface area (Å²) < 4.78 is 11.2. The van der Waals surface area contributed by atoms with Gasteiger partial charge in [-0.15, -0.1) is 0 Å². The van der Waals surface area contributed by atoms with Crippen LogP contribution in [0.3, 0.4) is 0 Å². The fraction of sp³-hybridized carbons (Fsp3) is 0.304. The molecule has 7 nitrogen and oxygen atoms in total. The van der Waals surface area contributed by atoms with Gasteiger partial charge in [0, 0.05) is 6.54 Å². The molecule has 0 bridgehead atoms. The summed E-state index contributed by atoms with van der Waals surface area (Å²) in [4.78, 5) is 19.1. The standard InChI is InChI=1S/C23H25ClN2O5/c1-3-10-25-23-26(19-7-5-4-6-15(19)2)22(29)21(31-23)12-16-8-9-20(18(24)11-16)30-14-17(28)13-27/h4-9,11-12,17,27-28H,3,10,13-14H2,1-2H3/b21-12+,25-23+/t17-/m1/s1. The molecule has 164 valence electrons. The highest BCUT2D eigenvalue weighted by Crippen LogP contribution is 2.31. The second-order valence-electron chi connectivity index (χ2n) is 7.04. The number of hydrogen-bond donors (Lipinski definition) is 2. The molecule has 1 amide bonds. The highest BCUT2D eigenvalue weighted by atomic mass is 35.5. The maximum Gasteiger partial charge on any atom is 0.305 e. The zero-order valence-corrected chi connectivity index (χ0v) is 18.2. The van der Waals surface area contributed by atoms with Crippen molar-refractivity contribution in [3.8, 4) is 5.75 Å². The molecule has 1 aliphatic rings. The number of aliphatic hydroxyl groups excluding tert-OH is 2. The van der Waals surface area contributed by atoms with Gasteiger partial charge in [0.25, 0.3) is 0 Å². The number of amidine groups is 1. The van der Waals surface area contributed by atoms with Crippen LogP contribution in [-0.2, 0) is 9.53 Å². The molecule has 2 aromatic carbocycles. The molecule has 1 atom stereocenters. The van der Waals surface area contributed by atoms with Crippen LogP contribution in [0.5, 0.6) is 5.75 Å². The Hall–Kier alpha value is -2.87. The largest absolute Gasteiger partial charge is 0.489 e. The zero-order valence-electron chi connectivity index (χ0n) is 17.4. The van der Waals surface area contributed by atoms with Gasteiger partial charge >= 0.3 is 11.9 Å². The summed E-state index contributed by atoms with van der Waals surface area (Å²) in [7, 11) is 0. The number of rotatable bonds is 8. The minimum absolute atomic E-state index is 0.0824. The Labute approximate surface area is 186 Å². The van der Waals surface area contributed by atoms with E-state index in [4.69, 9.17) is 26.2 Å². The number of amides is 1. The molecule has 1 saturated heterocycles. The number of para-hydroxylation sites is 1. The lowest BCUT2D eigenvalue weighted by Gasteiger charge is -2.15. The first kappa shape index (κ1) is 22.8. The van der Waals surface area contributed by atoms with Crippen molar-refractivity contribution in [3.05, 3.63) is 64.4 Å². The molecule has 2 aromatic rings. The number of anilines is 1. The van der Waals surface area contributed by atoms with Gasteiger partial charge in [-0.05, 0) is 48.7 Å². The SMILES string of the molecule is CCC/N=C1/O/C(=C/c2ccc(OC[C@H](O)CO)c(Cl)c2)C(=O)N1c1ccccc1C. The summed E-state index contributed by atoms with van der Waals surface area (Å²) in [5, 5.41) is 18.6. The highest BCUT2D eigenvalue weighted by Gasteiger charge is 2.36. The average molecular weight is 445 g/mol. The number of aliphatic hydroxyl groups is 2. The summed E-state index contributed by atoms with van der Waals surface area (Å²) in [6.45, 7) is 3.98. The van der Waals surface area contributed by atoms with Crippen LogP contribution in [0.4, 0.5) is 5.69 Å². The topological polar surface area (TPSA) is 91.6 Å². The summed E-state index contributed by atoms with van der Waals surface area (Å²) in [6, 6.07) is 12.8.